The summed E-state index contributed by atoms with van der Waals surface area (Å²) < 4.78 is 19.4. The number of amidine groups is 1. The third-order valence-electron chi connectivity index (χ3n) is 6.48. The molecule has 0 amide bonds. The number of esters is 1. The van der Waals surface area contributed by atoms with Crippen molar-refractivity contribution in [1.82, 2.24) is 4.90 Å². The van der Waals surface area contributed by atoms with Crippen LogP contribution in [0.4, 0.5) is 4.39 Å². The number of carbonyl (C=O) groups is 1. The molecule has 2 atom stereocenters. The number of hydrogen-bond donors (Lipinski definition) is 0. The topological polar surface area (TPSA) is 41.9 Å². The van der Waals surface area contributed by atoms with Crippen molar-refractivity contribution < 1.29 is 13.9 Å². The molecule has 0 spiro atoms. The summed E-state index contributed by atoms with van der Waals surface area (Å²) in [6.07, 6.45) is 0. The predicted molar refractivity (Wildman–Crippen MR) is 139 cm³/mol. The van der Waals surface area contributed by atoms with Gasteiger partial charge in [-0.05, 0) is 35.7 Å². The lowest BCUT2D eigenvalue weighted by Crippen LogP contribution is -2.44. The molecule has 0 radical (unpaired) electrons. The van der Waals surface area contributed by atoms with Crippen LogP contribution in [-0.4, -0.2) is 23.3 Å². The first-order valence-electron chi connectivity index (χ1n) is 12.1. The average Bonchev–Trinajstić information content (AvgIpc) is 3.27. The summed E-state index contributed by atoms with van der Waals surface area (Å²) in [4.78, 5) is 21.3. The standard InChI is InChI=1S/C31H27FN2O2/c1-2-36-30(35)31(26-16-10-5-11-17-26)28(24-12-6-3-7-13-24)34(22-23-18-20-27(32)21-19-23)29(33-31)25-14-8-4-9-15-25/h3-21,28H,2,22H2,1H3/t28-,31-/m1/s1. The van der Waals surface area contributed by atoms with Gasteiger partial charge in [-0.2, -0.15) is 0 Å². The van der Waals surface area contributed by atoms with Crippen LogP contribution >= 0.6 is 0 Å². The maximum absolute atomic E-state index is 14.0. The quantitative estimate of drug-likeness (QED) is 0.293. The fraction of sp³-hybridized carbons (Fsp3) is 0.161. The molecule has 5 rings (SSSR count). The molecule has 1 heterocycles. The minimum atomic E-state index is -1.33. The fourth-order valence-corrected chi connectivity index (χ4v) is 4.90. The smallest absolute Gasteiger partial charge is 0.341 e. The number of carbonyl (C=O) groups excluding carboxylic acids is 1. The molecule has 4 nitrogen and oxygen atoms in total. The molecule has 1 aliphatic rings. The molecule has 0 saturated heterocycles. The van der Waals surface area contributed by atoms with E-state index in [9.17, 15) is 9.18 Å². The summed E-state index contributed by atoms with van der Waals surface area (Å²) in [7, 11) is 0. The maximum Gasteiger partial charge on any atom is 0.341 e. The van der Waals surface area contributed by atoms with Gasteiger partial charge in [-0.3, -0.25) is 0 Å². The van der Waals surface area contributed by atoms with Gasteiger partial charge in [0.15, 0.2) is 0 Å². The van der Waals surface area contributed by atoms with Crippen LogP contribution in [0.25, 0.3) is 0 Å². The highest BCUT2D eigenvalue weighted by molar-refractivity contribution is 6.04. The number of nitrogens with zero attached hydrogens (tertiary/aromatic N) is 2. The molecule has 0 N–H and O–H groups in total. The number of hydrogen-bond acceptors (Lipinski definition) is 4. The van der Waals surface area contributed by atoms with E-state index >= 15 is 0 Å². The number of benzene rings is 4. The molecule has 5 heteroatoms. The van der Waals surface area contributed by atoms with Crippen LogP contribution in [0, 0.1) is 5.82 Å². The van der Waals surface area contributed by atoms with Gasteiger partial charge in [0.2, 0.25) is 5.54 Å². The minimum Gasteiger partial charge on any atom is -0.464 e. The molecule has 0 bridgehead atoms. The van der Waals surface area contributed by atoms with Gasteiger partial charge in [-0.15, -0.1) is 0 Å². The Balaban J connectivity index is 1.78. The van der Waals surface area contributed by atoms with E-state index in [1.54, 1.807) is 19.1 Å². The second-order valence-corrected chi connectivity index (χ2v) is 8.72. The first-order chi connectivity index (χ1) is 17.6. The second-order valence-electron chi connectivity index (χ2n) is 8.72. The normalized spacial score (nSPS) is 19.1. The van der Waals surface area contributed by atoms with Crippen LogP contribution in [-0.2, 0) is 21.6 Å². The Labute approximate surface area is 210 Å². The summed E-state index contributed by atoms with van der Waals surface area (Å²) in [5.41, 5.74) is 2.17. The molecule has 180 valence electrons. The van der Waals surface area contributed by atoms with Crippen LogP contribution in [0.3, 0.4) is 0 Å². The summed E-state index contributed by atoms with van der Waals surface area (Å²) in [6, 6.07) is 35.3. The molecule has 0 saturated carbocycles. The van der Waals surface area contributed by atoms with Crippen molar-refractivity contribution >= 4 is 11.8 Å². The molecule has 36 heavy (non-hydrogen) atoms. The Kier molecular flexibility index (Phi) is 6.63. The number of aliphatic imine (C=N–C) groups is 1. The molecule has 4 aromatic carbocycles. The highest BCUT2D eigenvalue weighted by Crippen LogP contribution is 2.50. The first kappa shape index (κ1) is 23.5. The van der Waals surface area contributed by atoms with Crippen LogP contribution < -0.4 is 0 Å². The van der Waals surface area contributed by atoms with E-state index in [-0.39, 0.29) is 12.4 Å². The van der Waals surface area contributed by atoms with E-state index in [1.807, 2.05) is 91.0 Å². The largest absolute Gasteiger partial charge is 0.464 e. The van der Waals surface area contributed by atoms with E-state index < -0.39 is 17.6 Å². The van der Waals surface area contributed by atoms with Crippen molar-refractivity contribution in [2.45, 2.75) is 25.0 Å². The molecule has 1 aliphatic heterocycles. The molecule has 4 aromatic rings. The van der Waals surface area contributed by atoms with E-state index in [0.717, 1.165) is 22.3 Å². The van der Waals surface area contributed by atoms with Gasteiger partial charge < -0.3 is 9.64 Å². The Bertz CT molecular complexity index is 1340. The van der Waals surface area contributed by atoms with Crippen LogP contribution in [0.1, 0.15) is 35.2 Å². The Morgan fingerprint density at radius 3 is 2.06 bits per heavy atom. The van der Waals surface area contributed by atoms with Crippen molar-refractivity contribution in [3.05, 3.63) is 143 Å². The summed E-state index contributed by atoms with van der Waals surface area (Å²) in [5, 5.41) is 0. The zero-order valence-electron chi connectivity index (χ0n) is 20.1. The molecule has 0 unspecified atom stereocenters. The number of rotatable bonds is 7. The first-order valence-corrected chi connectivity index (χ1v) is 12.1. The van der Waals surface area contributed by atoms with E-state index in [0.29, 0.717) is 12.4 Å². The van der Waals surface area contributed by atoms with Gasteiger partial charge in [0, 0.05) is 12.1 Å². The average molecular weight is 479 g/mol. The van der Waals surface area contributed by atoms with Gasteiger partial charge >= 0.3 is 5.97 Å². The van der Waals surface area contributed by atoms with E-state index in [1.165, 1.54) is 12.1 Å². The van der Waals surface area contributed by atoms with Crippen LogP contribution in [0.2, 0.25) is 0 Å². The van der Waals surface area contributed by atoms with Crippen LogP contribution in [0.5, 0.6) is 0 Å². The molecular weight excluding hydrogens is 451 g/mol. The number of ether oxygens (including phenoxy) is 1. The molecule has 0 aliphatic carbocycles. The summed E-state index contributed by atoms with van der Waals surface area (Å²) >= 11 is 0. The Morgan fingerprint density at radius 2 is 1.44 bits per heavy atom. The Hall–Kier alpha value is -4.25. The molecule has 0 fully saturated rings. The fourth-order valence-electron chi connectivity index (χ4n) is 4.90. The summed E-state index contributed by atoms with van der Waals surface area (Å²) in [6.45, 7) is 2.48. The van der Waals surface area contributed by atoms with Crippen molar-refractivity contribution in [3.63, 3.8) is 0 Å². The monoisotopic (exact) mass is 478 g/mol. The lowest BCUT2D eigenvalue weighted by molar-refractivity contribution is -0.151. The zero-order chi connectivity index (χ0) is 25.0. The maximum atomic E-state index is 14.0. The highest BCUT2D eigenvalue weighted by Gasteiger charge is 2.57. The molecular formula is C31H27FN2O2. The van der Waals surface area contributed by atoms with Crippen molar-refractivity contribution in [2.75, 3.05) is 6.61 Å². The van der Waals surface area contributed by atoms with Crippen LogP contribution in [0.15, 0.2) is 120 Å². The lowest BCUT2D eigenvalue weighted by Gasteiger charge is -2.37. The van der Waals surface area contributed by atoms with E-state index in [4.69, 9.17) is 9.73 Å². The Morgan fingerprint density at radius 1 is 0.861 bits per heavy atom. The van der Waals surface area contributed by atoms with E-state index in [2.05, 4.69) is 4.90 Å². The zero-order valence-corrected chi connectivity index (χ0v) is 20.1. The van der Waals surface area contributed by atoms with Gasteiger partial charge in [0.1, 0.15) is 11.7 Å². The summed E-state index contributed by atoms with van der Waals surface area (Å²) in [5.74, 6) is -0.00679. The highest BCUT2D eigenvalue weighted by atomic mass is 19.1. The second kappa shape index (κ2) is 10.2. The van der Waals surface area contributed by atoms with Gasteiger partial charge in [0.05, 0.1) is 12.6 Å². The lowest BCUT2D eigenvalue weighted by atomic mass is 9.79. The molecule has 0 aromatic heterocycles. The third-order valence-corrected chi connectivity index (χ3v) is 6.48. The number of halogens is 1. The van der Waals surface area contributed by atoms with Gasteiger partial charge in [-0.1, -0.05) is 103 Å². The third kappa shape index (κ3) is 4.29. The van der Waals surface area contributed by atoms with Gasteiger partial charge in [0.25, 0.3) is 0 Å². The minimum absolute atomic E-state index is 0.239. The predicted octanol–water partition coefficient (Wildman–Crippen LogP) is 6.29. The van der Waals surface area contributed by atoms with Crippen molar-refractivity contribution in [1.29, 1.82) is 0 Å². The SMILES string of the molecule is CCOC(=O)[C@]1(c2ccccc2)N=C(c2ccccc2)N(Cc2ccc(F)cc2)[C@@H]1c1ccccc1. The van der Waals surface area contributed by atoms with Crippen molar-refractivity contribution in [3.8, 4) is 0 Å². The van der Waals surface area contributed by atoms with Gasteiger partial charge in [-0.25, -0.2) is 14.2 Å². The van der Waals surface area contributed by atoms with Crippen molar-refractivity contribution in [2.24, 2.45) is 4.99 Å².